The molecule has 3 aromatic rings. The van der Waals surface area contributed by atoms with Gasteiger partial charge in [0, 0.05) is 16.3 Å². The standard InChI is InChI=1S/C16H13NO3S2/c1-10-2-3-14(18)13(6-10)16(19)20-7-12-9-22-15(17-12)11-4-5-21-8-11/h2-6,8-9,18H,7H2,1H3. The van der Waals surface area contributed by atoms with E-state index in [0.29, 0.717) is 5.69 Å². The Morgan fingerprint density at radius 3 is 2.95 bits per heavy atom. The number of nitrogens with zero attached hydrogens (tertiary/aromatic N) is 1. The van der Waals surface area contributed by atoms with Crippen molar-refractivity contribution in [3.63, 3.8) is 0 Å². The predicted molar refractivity (Wildman–Crippen MR) is 87.4 cm³/mol. The van der Waals surface area contributed by atoms with Crippen LogP contribution in [0, 0.1) is 6.92 Å². The van der Waals surface area contributed by atoms with Gasteiger partial charge in [0.2, 0.25) is 0 Å². The molecule has 1 aromatic carbocycles. The van der Waals surface area contributed by atoms with Crippen molar-refractivity contribution in [3.8, 4) is 16.3 Å². The van der Waals surface area contributed by atoms with Gasteiger partial charge in [-0.15, -0.1) is 11.3 Å². The van der Waals surface area contributed by atoms with E-state index < -0.39 is 5.97 Å². The Labute approximate surface area is 135 Å². The maximum absolute atomic E-state index is 12.0. The number of esters is 1. The average Bonchev–Trinajstić information content (AvgIpc) is 3.17. The van der Waals surface area contributed by atoms with E-state index in [-0.39, 0.29) is 17.9 Å². The number of phenolic OH excluding ortho intramolecular Hbond substituents is 1. The third-order valence-electron chi connectivity index (χ3n) is 3.04. The summed E-state index contributed by atoms with van der Waals surface area (Å²) in [6, 6.07) is 6.84. The number of thiazole rings is 1. The van der Waals surface area contributed by atoms with Crippen molar-refractivity contribution in [1.82, 2.24) is 4.98 Å². The summed E-state index contributed by atoms with van der Waals surface area (Å²) in [6.07, 6.45) is 0. The van der Waals surface area contributed by atoms with Crippen molar-refractivity contribution in [2.45, 2.75) is 13.5 Å². The van der Waals surface area contributed by atoms with Crippen molar-refractivity contribution in [3.05, 3.63) is 57.2 Å². The van der Waals surface area contributed by atoms with E-state index in [1.165, 1.54) is 17.4 Å². The highest BCUT2D eigenvalue weighted by molar-refractivity contribution is 7.14. The zero-order chi connectivity index (χ0) is 15.5. The van der Waals surface area contributed by atoms with Crippen LogP contribution in [-0.2, 0) is 11.3 Å². The Morgan fingerprint density at radius 1 is 1.32 bits per heavy atom. The number of carbonyl (C=O) groups is 1. The van der Waals surface area contributed by atoms with Crippen molar-refractivity contribution in [1.29, 1.82) is 0 Å². The Hall–Kier alpha value is -2.18. The number of carbonyl (C=O) groups excluding carboxylic acids is 1. The van der Waals surface area contributed by atoms with Gasteiger partial charge in [-0.05, 0) is 30.5 Å². The molecule has 0 aliphatic rings. The Bertz CT molecular complexity index is 794. The molecule has 0 atom stereocenters. The van der Waals surface area contributed by atoms with Crippen molar-refractivity contribution < 1.29 is 14.6 Å². The molecule has 3 rings (SSSR count). The first kappa shape index (κ1) is 14.7. The van der Waals surface area contributed by atoms with Gasteiger partial charge in [-0.3, -0.25) is 0 Å². The molecule has 0 spiro atoms. The lowest BCUT2D eigenvalue weighted by atomic mass is 10.1. The zero-order valence-electron chi connectivity index (χ0n) is 11.8. The van der Waals surface area contributed by atoms with Gasteiger partial charge in [-0.1, -0.05) is 11.6 Å². The molecule has 0 amide bonds. The minimum Gasteiger partial charge on any atom is -0.507 e. The van der Waals surface area contributed by atoms with Crippen LogP contribution in [0.1, 0.15) is 21.6 Å². The second-order valence-corrected chi connectivity index (χ2v) is 6.39. The van der Waals surface area contributed by atoms with Gasteiger partial charge in [0.25, 0.3) is 0 Å². The maximum Gasteiger partial charge on any atom is 0.342 e. The number of hydrogen-bond acceptors (Lipinski definition) is 6. The fourth-order valence-electron chi connectivity index (χ4n) is 1.92. The summed E-state index contributed by atoms with van der Waals surface area (Å²) in [5, 5.41) is 16.5. The average molecular weight is 331 g/mol. The minimum atomic E-state index is -0.550. The largest absolute Gasteiger partial charge is 0.507 e. The van der Waals surface area contributed by atoms with E-state index in [1.54, 1.807) is 23.5 Å². The molecule has 22 heavy (non-hydrogen) atoms. The summed E-state index contributed by atoms with van der Waals surface area (Å²) in [7, 11) is 0. The topological polar surface area (TPSA) is 59.4 Å². The summed E-state index contributed by atoms with van der Waals surface area (Å²) in [5.41, 5.74) is 2.84. The number of aromatic hydroxyl groups is 1. The molecular formula is C16H13NO3S2. The van der Waals surface area contributed by atoms with Crippen LogP contribution in [0.3, 0.4) is 0 Å². The molecule has 0 saturated carbocycles. The number of aryl methyl sites for hydroxylation is 1. The van der Waals surface area contributed by atoms with Crippen molar-refractivity contribution in [2.24, 2.45) is 0 Å². The van der Waals surface area contributed by atoms with E-state index in [1.807, 2.05) is 29.1 Å². The monoisotopic (exact) mass is 331 g/mol. The molecule has 0 bridgehead atoms. The van der Waals surface area contributed by atoms with Crippen LogP contribution >= 0.6 is 22.7 Å². The quantitative estimate of drug-likeness (QED) is 0.726. The highest BCUT2D eigenvalue weighted by atomic mass is 32.1. The van der Waals surface area contributed by atoms with Crippen LogP contribution in [0.15, 0.2) is 40.4 Å². The molecule has 2 heterocycles. The number of thiophene rings is 1. The van der Waals surface area contributed by atoms with Crippen molar-refractivity contribution >= 4 is 28.6 Å². The molecule has 6 heteroatoms. The first-order valence-electron chi connectivity index (χ1n) is 6.57. The van der Waals surface area contributed by atoms with E-state index in [4.69, 9.17) is 4.74 Å². The highest BCUT2D eigenvalue weighted by Gasteiger charge is 2.14. The lowest BCUT2D eigenvalue weighted by molar-refractivity contribution is 0.0465. The van der Waals surface area contributed by atoms with Crippen LogP contribution in [-0.4, -0.2) is 16.1 Å². The van der Waals surface area contributed by atoms with Gasteiger partial charge in [0.15, 0.2) is 0 Å². The Kier molecular flexibility index (Phi) is 4.22. The lowest BCUT2D eigenvalue weighted by Gasteiger charge is -2.05. The second-order valence-electron chi connectivity index (χ2n) is 4.75. The molecular weight excluding hydrogens is 318 g/mol. The summed E-state index contributed by atoms with van der Waals surface area (Å²) in [6.45, 7) is 1.94. The first-order chi connectivity index (χ1) is 10.6. The second kappa shape index (κ2) is 6.29. The van der Waals surface area contributed by atoms with Gasteiger partial charge >= 0.3 is 5.97 Å². The Morgan fingerprint density at radius 2 is 2.18 bits per heavy atom. The molecule has 2 aromatic heterocycles. The van der Waals surface area contributed by atoms with Gasteiger partial charge in [-0.2, -0.15) is 11.3 Å². The lowest BCUT2D eigenvalue weighted by Crippen LogP contribution is -2.06. The molecule has 0 saturated heterocycles. The van der Waals surface area contributed by atoms with Gasteiger partial charge < -0.3 is 9.84 Å². The number of hydrogen-bond donors (Lipinski definition) is 1. The number of benzene rings is 1. The molecule has 112 valence electrons. The van der Waals surface area contributed by atoms with E-state index in [9.17, 15) is 9.90 Å². The summed E-state index contributed by atoms with van der Waals surface area (Å²) in [4.78, 5) is 16.5. The van der Waals surface area contributed by atoms with Crippen molar-refractivity contribution in [2.75, 3.05) is 0 Å². The molecule has 0 aliphatic heterocycles. The first-order valence-corrected chi connectivity index (χ1v) is 8.39. The molecule has 0 fully saturated rings. The SMILES string of the molecule is Cc1ccc(O)c(C(=O)OCc2csc(-c3ccsc3)n2)c1. The van der Waals surface area contributed by atoms with Gasteiger partial charge in [0.05, 0.1) is 5.69 Å². The van der Waals surface area contributed by atoms with Crippen LogP contribution in [0.2, 0.25) is 0 Å². The zero-order valence-corrected chi connectivity index (χ0v) is 13.4. The van der Waals surface area contributed by atoms with Crippen LogP contribution < -0.4 is 0 Å². The summed E-state index contributed by atoms with van der Waals surface area (Å²) < 4.78 is 5.23. The number of aromatic nitrogens is 1. The van der Waals surface area contributed by atoms with E-state index >= 15 is 0 Å². The fraction of sp³-hybridized carbons (Fsp3) is 0.125. The molecule has 1 N–H and O–H groups in total. The predicted octanol–water partition coefficient (Wildman–Crippen LogP) is 4.24. The minimum absolute atomic E-state index is 0.0761. The number of rotatable bonds is 4. The normalized spacial score (nSPS) is 10.6. The van der Waals surface area contributed by atoms with Gasteiger partial charge in [0.1, 0.15) is 22.9 Å². The smallest absolute Gasteiger partial charge is 0.342 e. The maximum atomic E-state index is 12.0. The Balaban J connectivity index is 1.67. The molecule has 0 aliphatic carbocycles. The van der Waals surface area contributed by atoms with E-state index in [0.717, 1.165) is 16.1 Å². The molecule has 4 nitrogen and oxygen atoms in total. The van der Waals surface area contributed by atoms with Gasteiger partial charge in [-0.25, -0.2) is 9.78 Å². The van der Waals surface area contributed by atoms with Crippen LogP contribution in [0.5, 0.6) is 5.75 Å². The highest BCUT2D eigenvalue weighted by Crippen LogP contribution is 2.26. The number of phenols is 1. The molecule has 0 unspecified atom stereocenters. The number of ether oxygens (including phenoxy) is 1. The molecule has 0 radical (unpaired) electrons. The summed E-state index contributed by atoms with van der Waals surface area (Å²) in [5.74, 6) is -0.626. The van der Waals surface area contributed by atoms with E-state index in [2.05, 4.69) is 4.98 Å². The van der Waals surface area contributed by atoms with Crippen LogP contribution in [0.4, 0.5) is 0 Å². The third-order valence-corrected chi connectivity index (χ3v) is 4.67. The third kappa shape index (κ3) is 3.18. The fourth-order valence-corrected chi connectivity index (χ4v) is 3.44. The summed E-state index contributed by atoms with van der Waals surface area (Å²) >= 11 is 3.13. The van der Waals surface area contributed by atoms with Crippen LogP contribution in [0.25, 0.3) is 10.6 Å².